The van der Waals surface area contributed by atoms with E-state index in [1.165, 1.54) is 36.4 Å². The molecule has 0 fully saturated rings. The Kier molecular flexibility index (Phi) is 3.17. The molecule has 0 heterocycles. The average Bonchev–Trinajstić information content (AvgIpc) is 2.74. The minimum Gasteiger partial charge on any atom is -0.508 e. The van der Waals surface area contributed by atoms with Gasteiger partial charge in [0, 0.05) is 28.5 Å². The van der Waals surface area contributed by atoms with Crippen LogP contribution in [-0.4, -0.2) is 15.3 Å². The first kappa shape index (κ1) is 16.7. The van der Waals surface area contributed by atoms with E-state index in [1.807, 2.05) is 0 Å². The van der Waals surface area contributed by atoms with Crippen LogP contribution in [0, 0.1) is 34.0 Å². The second-order valence-corrected chi connectivity index (χ2v) is 7.08. The maximum Gasteiger partial charge on any atom is 0.120 e. The second kappa shape index (κ2) is 5.52. The van der Waals surface area contributed by atoms with Crippen LogP contribution in [0.3, 0.4) is 0 Å². The van der Waals surface area contributed by atoms with Crippen LogP contribution in [0.25, 0.3) is 0 Å². The molecule has 3 N–H and O–H groups in total. The number of rotatable bonds is 0. The molecule has 3 aliphatic rings. The topological polar surface area (TPSA) is 132 Å². The largest absolute Gasteiger partial charge is 0.508 e. The Hall–Kier alpha value is -4.47. The number of hydrogen-bond acceptors (Lipinski definition) is 6. The molecule has 0 atom stereocenters. The SMILES string of the molecule is N#Cc1ccc(O)c2c1C1c3c(O)ccc(C#N)c3C2c2c(C#N)ccc(O)c21. The van der Waals surface area contributed by atoms with Crippen molar-refractivity contribution >= 4 is 0 Å². The molecule has 0 spiro atoms. The van der Waals surface area contributed by atoms with Gasteiger partial charge in [-0.3, -0.25) is 0 Å². The Labute approximate surface area is 165 Å². The van der Waals surface area contributed by atoms with Gasteiger partial charge in [-0.05, 0) is 53.1 Å². The molecular weight excluding hydrogens is 366 g/mol. The lowest BCUT2D eigenvalue weighted by molar-refractivity contribution is 0.441. The average molecular weight is 377 g/mol. The molecule has 2 bridgehead atoms. The predicted octanol–water partition coefficient (Wildman–Crippen LogP) is 3.41. The minimum absolute atomic E-state index is 0.0650. The van der Waals surface area contributed by atoms with Crippen LogP contribution in [0.2, 0.25) is 0 Å². The summed E-state index contributed by atoms with van der Waals surface area (Å²) in [6, 6.07) is 15.1. The zero-order chi connectivity index (χ0) is 20.4. The maximum absolute atomic E-state index is 10.7. The number of phenols is 3. The van der Waals surface area contributed by atoms with Crippen molar-refractivity contribution in [3.05, 3.63) is 86.5 Å². The third-order valence-corrected chi connectivity index (χ3v) is 5.89. The third-order valence-electron chi connectivity index (χ3n) is 5.89. The molecule has 3 aromatic rings. The maximum atomic E-state index is 10.7. The van der Waals surface area contributed by atoms with Crippen molar-refractivity contribution in [2.24, 2.45) is 0 Å². The Balaban J connectivity index is 2.06. The summed E-state index contributed by atoms with van der Waals surface area (Å²) in [6.07, 6.45) is 0. The summed E-state index contributed by atoms with van der Waals surface area (Å²) in [6.45, 7) is 0. The molecular formula is C23H11N3O3. The van der Waals surface area contributed by atoms with Gasteiger partial charge in [-0.1, -0.05) is 0 Å². The number of benzene rings is 3. The van der Waals surface area contributed by atoms with Crippen molar-refractivity contribution in [2.75, 3.05) is 0 Å². The first-order valence-corrected chi connectivity index (χ1v) is 8.81. The Morgan fingerprint density at radius 2 is 0.759 bits per heavy atom. The molecule has 0 aliphatic heterocycles. The van der Waals surface area contributed by atoms with Gasteiger partial charge < -0.3 is 15.3 Å². The van der Waals surface area contributed by atoms with E-state index < -0.39 is 11.8 Å². The van der Waals surface area contributed by atoms with Crippen LogP contribution in [0.1, 0.15) is 61.9 Å². The number of aromatic hydroxyl groups is 3. The lowest BCUT2D eigenvalue weighted by Crippen LogP contribution is -2.30. The van der Waals surface area contributed by atoms with Crippen LogP contribution in [0.15, 0.2) is 36.4 Å². The van der Waals surface area contributed by atoms with Gasteiger partial charge >= 0.3 is 0 Å². The van der Waals surface area contributed by atoms with Gasteiger partial charge in [-0.15, -0.1) is 0 Å². The van der Waals surface area contributed by atoms with Gasteiger partial charge in [0.1, 0.15) is 17.2 Å². The minimum atomic E-state index is -0.789. The summed E-state index contributed by atoms with van der Waals surface area (Å²) >= 11 is 0. The number of phenolic OH excluding ortho intramolecular Hbond substituents is 3. The van der Waals surface area contributed by atoms with E-state index in [1.54, 1.807) is 0 Å². The zero-order valence-corrected chi connectivity index (χ0v) is 14.8. The van der Waals surface area contributed by atoms with Crippen LogP contribution in [0.4, 0.5) is 0 Å². The molecule has 0 amide bonds. The quantitative estimate of drug-likeness (QED) is 0.379. The summed E-state index contributed by atoms with van der Waals surface area (Å²) in [5.41, 5.74) is 3.63. The summed E-state index contributed by atoms with van der Waals surface area (Å²) in [5.74, 6) is -1.76. The third kappa shape index (κ3) is 1.86. The van der Waals surface area contributed by atoms with E-state index in [9.17, 15) is 31.1 Å². The van der Waals surface area contributed by atoms with Gasteiger partial charge in [0.25, 0.3) is 0 Å². The molecule has 0 saturated heterocycles. The summed E-state index contributed by atoms with van der Waals surface area (Å²) in [5, 5.41) is 61.2. The van der Waals surface area contributed by atoms with E-state index in [0.717, 1.165) is 0 Å². The molecule has 6 rings (SSSR count). The van der Waals surface area contributed by atoms with Crippen molar-refractivity contribution in [3.8, 4) is 35.5 Å². The summed E-state index contributed by atoms with van der Waals surface area (Å²) < 4.78 is 0. The van der Waals surface area contributed by atoms with E-state index in [-0.39, 0.29) is 17.2 Å². The van der Waals surface area contributed by atoms with Crippen LogP contribution >= 0.6 is 0 Å². The normalized spacial score (nSPS) is 17.3. The molecule has 3 aliphatic carbocycles. The Bertz CT molecular complexity index is 1320. The number of nitriles is 3. The van der Waals surface area contributed by atoms with Gasteiger partial charge in [-0.25, -0.2) is 0 Å². The molecule has 0 unspecified atom stereocenters. The molecule has 6 heteroatoms. The standard InChI is InChI=1S/C23H11N3O3/c24-7-10-1-5-14(28)20-16(10)22-17-11(8-25)2-6-15(29)21(17)23(20)18-12(9-26)3-4-13(27)19(18)22/h1-6,22-23,27-29H. The van der Waals surface area contributed by atoms with E-state index >= 15 is 0 Å². The Morgan fingerprint density at radius 3 is 1.03 bits per heavy atom. The van der Waals surface area contributed by atoms with Crippen LogP contribution < -0.4 is 0 Å². The first-order valence-electron chi connectivity index (χ1n) is 8.81. The lowest BCUT2D eigenvalue weighted by Gasteiger charge is -2.43. The van der Waals surface area contributed by atoms with Crippen molar-refractivity contribution < 1.29 is 15.3 Å². The molecule has 0 aromatic heterocycles. The highest BCUT2D eigenvalue weighted by atomic mass is 16.3. The second-order valence-electron chi connectivity index (χ2n) is 7.08. The molecule has 136 valence electrons. The van der Waals surface area contributed by atoms with Gasteiger partial charge in [0.15, 0.2) is 0 Å². The monoisotopic (exact) mass is 377 g/mol. The number of hydrogen-bond donors (Lipinski definition) is 3. The van der Waals surface area contributed by atoms with E-state index in [2.05, 4.69) is 18.2 Å². The van der Waals surface area contributed by atoms with E-state index in [4.69, 9.17) is 0 Å². The highest BCUT2D eigenvalue weighted by Crippen LogP contribution is 2.63. The fraction of sp³-hybridized carbons (Fsp3) is 0.0870. The van der Waals surface area contributed by atoms with Crippen LogP contribution in [-0.2, 0) is 0 Å². The predicted molar refractivity (Wildman–Crippen MR) is 100 cm³/mol. The molecule has 0 saturated carbocycles. The fourth-order valence-electron chi connectivity index (χ4n) is 4.88. The highest BCUT2D eigenvalue weighted by Gasteiger charge is 2.49. The lowest BCUT2D eigenvalue weighted by atomic mass is 9.58. The van der Waals surface area contributed by atoms with Gasteiger partial charge in [-0.2, -0.15) is 15.8 Å². The van der Waals surface area contributed by atoms with Gasteiger partial charge in [0.05, 0.1) is 34.9 Å². The zero-order valence-electron chi connectivity index (χ0n) is 14.8. The van der Waals surface area contributed by atoms with Crippen molar-refractivity contribution in [2.45, 2.75) is 11.8 Å². The Morgan fingerprint density at radius 1 is 0.483 bits per heavy atom. The molecule has 6 nitrogen and oxygen atoms in total. The summed E-state index contributed by atoms with van der Waals surface area (Å²) in [4.78, 5) is 0. The molecule has 3 aromatic carbocycles. The van der Waals surface area contributed by atoms with E-state index in [0.29, 0.717) is 50.1 Å². The smallest absolute Gasteiger partial charge is 0.120 e. The summed E-state index contributed by atoms with van der Waals surface area (Å²) in [7, 11) is 0. The first-order chi connectivity index (χ1) is 14.0. The highest BCUT2D eigenvalue weighted by molar-refractivity contribution is 5.79. The number of nitrogens with zero attached hydrogens (tertiary/aromatic N) is 3. The van der Waals surface area contributed by atoms with Gasteiger partial charge in [0.2, 0.25) is 0 Å². The molecule has 0 radical (unpaired) electrons. The van der Waals surface area contributed by atoms with Crippen molar-refractivity contribution in [3.63, 3.8) is 0 Å². The van der Waals surface area contributed by atoms with Crippen molar-refractivity contribution in [1.82, 2.24) is 0 Å². The van der Waals surface area contributed by atoms with Crippen LogP contribution in [0.5, 0.6) is 17.2 Å². The molecule has 29 heavy (non-hydrogen) atoms. The fourth-order valence-corrected chi connectivity index (χ4v) is 4.88. The van der Waals surface area contributed by atoms with Crippen molar-refractivity contribution in [1.29, 1.82) is 15.8 Å².